The summed E-state index contributed by atoms with van der Waals surface area (Å²) in [4.78, 5) is 27.2. The smallest absolute Gasteiger partial charge is 0.326 e. The van der Waals surface area contributed by atoms with Gasteiger partial charge in [-0.2, -0.15) is 0 Å². The van der Waals surface area contributed by atoms with Gasteiger partial charge >= 0.3 is 5.69 Å². The molecule has 0 saturated carbocycles. The standard InChI is InChI=1S/C9H11ClN4O2/c10-7-5(12-9(16)13-8(7)15)4-14-3-1-2-6(14)11/h11H,1-4H2,(H2,12,13,15,16)/i1D2,2D2,3D2. The fraction of sp³-hybridized carbons (Fsp3) is 0.444. The predicted octanol–water partition coefficient (Wildman–Crippen LogP) is 0.290. The maximum absolute atomic E-state index is 11.4. The third-order valence-electron chi connectivity index (χ3n) is 1.91. The molecule has 0 aliphatic carbocycles. The van der Waals surface area contributed by atoms with Crippen LogP contribution in [0.15, 0.2) is 9.59 Å². The first-order valence-corrected chi connectivity index (χ1v) is 4.59. The fourth-order valence-electron chi connectivity index (χ4n) is 1.18. The first kappa shape index (κ1) is 5.67. The maximum Gasteiger partial charge on any atom is 0.326 e. The lowest BCUT2D eigenvalue weighted by molar-refractivity contribution is 0.438. The number of nitrogens with zero attached hydrogens (tertiary/aromatic N) is 1. The Morgan fingerprint density at radius 3 is 2.88 bits per heavy atom. The first-order chi connectivity index (χ1) is 9.84. The highest BCUT2D eigenvalue weighted by Gasteiger charge is 2.19. The van der Waals surface area contributed by atoms with E-state index in [2.05, 4.69) is 4.98 Å². The Hall–Kier alpha value is -1.56. The second-order valence-electron chi connectivity index (χ2n) is 3.00. The molecule has 1 aliphatic rings. The number of likely N-dealkylation sites (tertiary alicyclic amines) is 1. The summed E-state index contributed by atoms with van der Waals surface area (Å²) in [6, 6.07) is 0. The van der Waals surface area contributed by atoms with Crippen molar-refractivity contribution in [2.45, 2.75) is 19.3 Å². The summed E-state index contributed by atoms with van der Waals surface area (Å²) >= 11 is 5.71. The number of hydrogen-bond acceptors (Lipinski definition) is 3. The number of nitrogens with one attached hydrogen (secondary N) is 3. The molecule has 1 aromatic heterocycles. The molecular weight excluding hydrogens is 232 g/mol. The van der Waals surface area contributed by atoms with Gasteiger partial charge in [0.25, 0.3) is 5.56 Å². The van der Waals surface area contributed by atoms with Crippen LogP contribution in [0.3, 0.4) is 0 Å². The van der Waals surface area contributed by atoms with Crippen LogP contribution < -0.4 is 11.2 Å². The highest BCUT2D eigenvalue weighted by atomic mass is 35.5. The van der Waals surface area contributed by atoms with Crippen molar-refractivity contribution in [2.75, 3.05) is 6.50 Å². The van der Waals surface area contributed by atoms with E-state index in [1.54, 1.807) is 0 Å². The molecule has 1 aromatic rings. The van der Waals surface area contributed by atoms with Gasteiger partial charge in [-0.1, -0.05) is 11.6 Å². The van der Waals surface area contributed by atoms with Crippen LogP contribution >= 0.6 is 11.6 Å². The van der Waals surface area contributed by atoms with Gasteiger partial charge in [0.2, 0.25) is 0 Å². The van der Waals surface area contributed by atoms with Crippen molar-refractivity contribution in [3.8, 4) is 0 Å². The lowest BCUT2D eigenvalue weighted by Gasteiger charge is -2.17. The molecule has 0 unspecified atom stereocenters. The number of aromatic amines is 2. The number of aromatic nitrogens is 2. The molecule has 3 N–H and O–H groups in total. The monoisotopic (exact) mass is 248 g/mol. The fourth-order valence-corrected chi connectivity index (χ4v) is 1.34. The van der Waals surface area contributed by atoms with E-state index in [0.717, 1.165) is 0 Å². The number of amidine groups is 1. The van der Waals surface area contributed by atoms with E-state index in [1.165, 1.54) is 0 Å². The van der Waals surface area contributed by atoms with Crippen molar-refractivity contribution in [2.24, 2.45) is 0 Å². The summed E-state index contributed by atoms with van der Waals surface area (Å²) in [6.07, 6.45) is -5.89. The molecule has 1 aliphatic heterocycles. The van der Waals surface area contributed by atoms with Crippen LogP contribution in [0.5, 0.6) is 0 Å². The van der Waals surface area contributed by atoms with Gasteiger partial charge in [-0.05, 0) is 6.37 Å². The highest BCUT2D eigenvalue weighted by molar-refractivity contribution is 6.31. The lowest BCUT2D eigenvalue weighted by atomic mass is 10.3. The van der Waals surface area contributed by atoms with E-state index in [1.807, 2.05) is 4.98 Å². The molecule has 0 spiro atoms. The van der Waals surface area contributed by atoms with Crippen molar-refractivity contribution in [3.05, 3.63) is 31.6 Å². The Labute approximate surface area is 104 Å². The number of H-pyrrole nitrogens is 2. The minimum Gasteiger partial charge on any atom is -0.355 e. The third-order valence-corrected chi connectivity index (χ3v) is 2.31. The molecule has 6 nitrogen and oxygen atoms in total. The average Bonchev–Trinajstić information content (AvgIpc) is 2.46. The molecule has 7 heteroatoms. The van der Waals surface area contributed by atoms with Gasteiger partial charge in [-0.25, -0.2) is 4.79 Å². The van der Waals surface area contributed by atoms with Crippen molar-refractivity contribution in [1.29, 1.82) is 5.41 Å². The summed E-state index contributed by atoms with van der Waals surface area (Å²) in [5.74, 6) is -0.945. The van der Waals surface area contributed by atoms with Gasteiger partial charge in [0, 0.05) is 21.1 Å². The third kappa shape index (κ3) is 2.01. The Balaban J connectivity index is 2.53. The number of rotatable bonds is 2. The second kappa shape index (κ2) is 4.13. The first-order valence-electron chi connectivity index (χ1n) is 7.21. The Morgan fingerprint density at radius 1 is 1.50 bits per heavy atom. The minimum atomic E-state index is -3.01. The molecule has 0 radical (unpaired) electrons. The van der Waals surface area contributed by atoms with Crippen LogP contribution in [0.2, 0.25) is 5.02 Å². The SMILES string of the molecule is [2H]C1([2H])C(=N)N(Cc2[nH]c(=O)[nH]c(=O)c2Cl)C([2H])([2H])C1([2H])[2H]. The van der Waals surface area contributed by atoms with Gasteiger partial charge < -0.3 is 9.88 Å². The molecule has 86 valence electrons. The van der Waals surface area contributed by atoms with Crippen LogP contribution in [0.4, 0.5) is 0 Å². The largest absolute Gasteiger partial charge is 0.355 e. The maximum atomic E-state index is 11.4. The Kier molecular flexibility index (Phi) is 1.46. The molecular formula is C9H11ClN4O2. The quantitative estimate of drug-likeness (QED) is 0.702. The second-order valence-corrected chi connectivity index (χ2v) is 3.38. The highest BCUT2D eigenvalue weighted by Crippen LogP contribution is 2.15. The van der Waals surface area contributed by atoms with Crippen LogP contribution in [0.25, 0.3) is 0 Å². The molecule has 0 amide bonds. The average molecular weight is 249 g/mol. The van der Waals surface area contributed by atoms with Crippen molar-refractivity contribution in [1.82, 2.24) is 14.9 Å². The van der Waals surface area contributed by atoms with Gasteiger partial charge in [-0.3, -0.25) is 15.2 Å². The lowest BCUT2D eigenvalue weighted by Crippen LogP contribution is -2.30. The van der Waals surface area contributed by atoms with Gasteiger partial charge in [0.05, 0.1) is 18.1 Å². The van der Waals surface area contributed by atoms with E-state index < -0.39 is 47.9 Å². The topological polar surface area (TPSA) is 92.8 Å². The number of hydrogen-bond donors (Lipinski definition) is 3. The molecule has 1 saturated heterocycles. The minimum absolute atomic E-state index is 0.238. The molecule has 0 atom stereocenters. The zero-order chi connectivity index (χ0) is 17.1. The van der Waals surface area contributed by atoms with Crippen LogP contribution in [0.1, 0.15) is 26.7 Å². The van der Waals surface area contributed by atoms with Crippen LogP contribution in [-0.2, 0) is 6.54 Å². The normalized spacial score (nSPS) is 30.8. The van der Waals surface area contributed by atoms with Crippen molar-refractivity contribution >= 4 is 17.4 Å². The summed E-state index contributed by atoms with van der Waals surface area (Å²) in [5, 5.41) is 7.25. The van der Waals surface area contributed by atoms with Crippen molar-refractivity contribution < 1.29 is 8.22 Å². The van der Waals surface area contributed by atoms with Crippen molar-refractivity contribution in [3.63, 3.8) is 0 Å². The zero-order valence-electron chi connectivity index (χ0n) is 13.8. The van der Waals surface area contributed by atoms with Gasteiger partial charge in [-0.15, -0.1) is 0 Å². The summed E-state index contributed by atoms with van der Waals surface area (Å²) in [6.45, 7) is -3.51. The molecule has 0 bridgehead atoms. The Morgan fingerprint density at radius 2 is 2.25 bits per heavy atom. The van der Waals surface area contributed by atoms with E-state index in [-0.39, 0.29) is 5.69 Å². The van der Waals surface area contributed by atoms with Gasteiger partial charge in [0.15, 0.2) is 0 Å². The summed E-state index contributed by atoms with van der Waals surface area (Å²) < 4.78 is 46.0. The van der Waals surface area contributed by atoms with E-state index in [4.69, 9.17) is 25.2 Å². The molecule has 2 rings (SSSR count). The molecule has 1 fully saturated rings. The summed E-state index contributed by atoms with van der Waals surface area (Å²) in [7, 11) is 0. The Bertz CT molecular complexity index is 757. The van der Waals surface area contributed by atoms with Crippen LogP contribution in [0, 0.1) is 5.41 Å². The van der Waals surface area contributed by atoms with E-state index in [0.29, 0.717) is 4.90 Å². The molecule has 0 aromatic carbocycles. The predicted molar refractivity (Wildman–Crippen MR) is 60.1 cm³/mol. The molecule has 2 heterocycles. The van der Waals surface area contributed by atoms with E-state index >= 15 is 0 Å². The van der Waals surface area contributed by atoms with E-state index in [9.17, 15) is 9.59 Å². The van der Waals surface area contributed by atoms with Gasteiger partial charge in [0.1, 0.15) is 5.02 Å². The zero-order valence-corrected chi connectivity index (χ0v) is 8.60. The molecule has 16 heavy (non-hydrogen) atoms. The van der Waals surface area contributed by atoms with Crippen LogP contribution in [-0.4, -0.2) is 27.2 Å². The number of halogens is 1. The summed E-state index contributed by atoms with van der Waals surface area (Å²) in [5.41, 5.74) is -2.06.